The first-order chi connectivity index (χ1) is 19.9. The second kappa shape index (κ2) is 13.0. The fourth-order valence-corrected chi connectivity index (χ4v) is 5.54. The quantitative estimate of drug-likeness (QED) is 0.323. The fraction of sp³-hybridized carbons (Fsp3) is 0.344. The number of nitrogens with one attached hydrogen (secondary N) is 1. The number of aromatic nitrogens is 2. The van der Waals surface area contributed by atoms with Crippen molar-refractivity contribution in [3.63, 3.8) is 0 Å². The molecular formula is C32H37FN6O2. The second-order valence-corrected chi connectivity index (χ2v) is 10.7. The molecule has 1 fully saturated rings. The number of amides is 2. The van der Waals surface area contributed by atoms with Crippen molar-refractivity contribution in [1.29, 1.82) is 0 Å². The van der Waals surface area contributed by atoms with Crippen LogP contribution in [-0.2, 0) is 4.79 Å². The first-order valence-corrected chi connectivity index (χ1v) is 14.2. The van der Waals surface area contributed by atoms with E-state index in [9.17, 15) is 14.0 Å². The molecule has 2 amide bonds. The van der Waals surface area contributed by atoms with Gasteiger partial charge in [-0.3, -0.25) is 15.0 Å². The number of fused-ring (bicyclic) bond motifs is 1. The summed E-state index contributed by atoms with van der Waals surface area (Å²) < 4.78 is 15.5. The third-order valence-corrected chi connectivity index (χ3v) is 7.68. The minimum atomic E-state index is -0.265. The molecule has 3 aromatic carbocycles. The number of carbonyl (C=O) groups is 2. The first-order valence-electron chi connectivity index (χ1n) is 14.2. The van der Waals surface area contributed by atoms with Gasteiger partial charge in [-0.2, -0.15) is 0 Å². The van der Waals surface area contributed by atoms with E-state index in [-0.39, 0.29) is 23.5 Å². The number of hydrogen-bond acceptors (Lipinski definition) is 5. The summed E-state index contributed by atoms with van der Waals surface area (Å²) >= 11 is 0. The molecule has 8 nitrogen and oxygen atoms in total. The van der Waals surface area contributed by atoms with Crippen molar-refractivity contribution in [3.05, 3.63) is 95.8 Å². The van der Waals surface area contributed by atoms with Gasteiger partial charge < -0.3 is 14.7 Å². The summed E-state index contributed by atoms with van der Waals surface area (Å²) in [5.74, 6) is 0.378. The van der Waals surface area contributed by atoms with Crippen molar-refractivity contribution in [2.75, 3.05) is 56.6 Å². The molecule has 1 aliphatic rings. The highest BCUT2D eigenvalue weighted by molar-refractivity contribution is 5.94. The molecule has 5 rings (SSSR count). The van der Waals surface area contributed by atoms with Crippen LogP contribution in [0.4, 0.5) is 10.3 Å². The summed E-state index contributed by atoms with van der Waals surface area (Å²) in [7, 11) is 1.83. The smallest absolute Gasteiger partial charge is 0.253 e. The van der Waals surface area contributed by atoms with Crippen LogP contribution < -0.4 is 10.3 Å². The van der Waals surface area contributed by atoms with E-state index in [1.807, 2.05) is 73.8 Å². The third-order valence-electron chi connectivity index (χ3n) is 7.68. The van der Waals surface area contributed by atoms with Gasteiger partial charge in [0.1, 0.15) is 5.82 Å². The molecule has 2 heterocycles. The Morgan fingerprint density at radius 1 is 0.951 bits per heavy atom. The van der Waals surface area contributed by atoms with Crippen LogP contribution >= 0.6 is 0 Å². The fourth-order valence-electron chi connectivity index (χ4n) is 5.54. The molecule has 1 unspecified atom stereocenters. The number of rotatable bonds is 9. The van der Waals surface area contributed by atoms with Gasteiger partial charge in [0.2, 0.25) is 11.9 Å². The highest BCUT2D eigenvalue weighted by Crippen LogP contribution is 2.25. The van der Waals surface area contributed by atoms with Crippen LogP contribution in [0.5, 0.6) is 0 Å². The molecule has 0 spiro atoms. The van der Waals surface area contributed by atoms with Crippen molar-refractivity contribution >= 4 is 28.8 Å². The van der Waals surface area contributed by atoms with Crippen LogP contribution in [0.2, 0.25) is 0 Å². The monoisotopic (exact) mass is 556 g/mol. The first kappa shape index (κ1) is 28.3. The van der Waals surface area contributed by atoms with Crippen LogP contribution in [0.1, 0.15) is 41.6 Å². The standard InChI is InChI=1S/C32H37FN6O2/c1-24(40)35-39-30-12-7-6-11-29(30)34-32(39)38-19-8-18-37(21-22-38)20-17-27(25-13-15-28(33)16-14-25)23-36(2)31(41)26-9-4-3-5-10-26/h3-7,9-16,27H,8,17-23H2,1-2H3,(H,35,40). The number of imidazole rings is 1. The summed E-state index contributed by atoms with van der Waals surface area (Å²) in [6, 6.07) is 23.7. The minimum Gasteiger partial charge on any atom is -0.341 e. The zero-order chi connectivity index (χ0) is 28.8. The highest BCUT2D eigenvalue weighted by Gasteiger charge is 2.24. The minimum absolute atomic E-state index is 0.0230. The van der Waals surface area contributed by atoms with Gasteiger partial charge in [-0.1, -0.05) is 42.5 Å². The lowest BCUT2D eigenvalue weighted by molar-refractivity contribution is -0.115. The summed E-state index contributed by atoms with van der Waals surface area (Å²) in [4.78, 5) is 36.3. The Hall–Kier alpha value is -4.24. The molecule has 4 aromatic rings. The molecule has 0 aliphatic carbocycles. The van der Waals surface area contributed by atoms with Gasteiger partial charge >= 0.3 is 0 Å². The SMILES string of the molecule is CC(=O)Nn1c(N2CCCN(CCC(CN(C)C(=O)c3ccccc3)c3ccc(F)cc3)CC2)nc2ccccc21. The molecule has 214 valence electrons. The largest absolute Gasteiger partial charge is 0.341 e. The van der Waals surface area contributed by atoms with E-state index >= 15 is 0 Å². The highest BCUT2D eigenvalue weighted by atomic mass is 19.1. The topological polar surface area (TPSA) is 73.7 Å². The molecule has 9 heteroatoms. The lowest BCUT2D eigenvalue weighted by Crippen LogP contribution is -2.35. The number of nitrogens with zero attached hydrogens (tertiary/aromatic N) is 5. The van der Waals surface area contributed by atoms with Crippen LogP contribution in [-0.4, -0.2) is 77.6 Å². The Morgan fingerprint density at radius 3 is 2.44 bits per heavy atom. The third kappa shape index (κ3) is 6.92. The van der Waals surface area contributed by atoms with Crippen LogP contribution in [0.15, 0.2) is 78.9 Å². The van der Waals surface area contributed by atoms with E-state index in [2.05, 4.69) is 15.2 Å². The van der Waals surface area contributed by atoms with Crippen molar-refractivity contribution in [2.45, 2.75) is 25.7 Å². The lowest BCUT2D eigenvalue weighted by atomic mass is 9.94. The summed E-state index contributed by atoms with van der Waals surface area (Å²) in [5.41, 5.74) is 6.32. The van der Waals surface area contributed by atoms with E-state index in [1.165, 1.54) is 19.1 Å². The van der Waals surface area contributed by atoms with Gasteiger partial charge in [0.25, 0.3) is 5.91 Å². The Balaban J connectivity index is 1.26. The maximum atomic E-state index is 13.7. The van der Waals surface area contributed by atoms with Gasteiger partial charge in [-0.15, -0.1) is 0 Å². The van der Waals surface area contributed by atoms with E-state index in [0.29, 0.717) is 12.1 Å². The summed E-state index contributed by atoms with van der Waals surface area (Å²) in [6.07, 6.45) is 1.79. The van der Waals surface area contributed by atoms with Crippen LogP contribution in [0.25, 0.3) is 11.0 Å². The van der Waals surface area contributed by atoms with E-state index in [0.717, 1.165) is 68.1 Å². The van der Waals surface area contributed by atoms with Crippen molar-refractivity contribution in [1.82, 2.24) is 19.5 Å². The number of carbonyl (C=O) groups excluding carboxylic acids is 2. The summed E-state index contributed by atoms with van der Waals surface area (Å²) in [6.45, 7) is 6.28. The predicted octanol–water partition coefficient (Wildman–Crippen LogP) is 4.72. The van der Waals surface area contributed by atoms with Gasteiger partial charge in [0, 0.05) is 51.6 Å². The Kier molecular flexibility index (Phi) is 8.94. The van der Waals surface area contributed by atoms with Gasteiger partial charge in [-0.05, 0) is 67.9 Å². The van der Waals surface area contributed by atoms with Crippen molar-refractivity contribution in [3.8, 4) is 0 Å². The molecule has 0 bridgehead atoms. The zero-order valence-corrected chi connectivity index (χ0v) is 23.7. The zero-order valence-electron chi connectivity index (χ0n) is 23.7. The molecule has 1 atom stereocenters. The van der Waals surface area contributed by atoms with Crippen molar-refractivity contribution in [2.24, 2.45) is 0 Å². The Bertz CT molecular complexity index is 1470. The Labute approximate surface area is 240 Å². The molecular weight excluding hydrogens is 519 g/mol. The molecule has 1 aromatic heterocycles. The number of halogens is 1. The average molecular weight is 557 g/mol. The Morgan fingerprint density at radius 2 is 1.68 bits per heavy atom. The number of hydrogen-bond donors (Lipinski definition) is 1. The number of anilines is 1. The average Bonchev–Trinajstić information content (AvgIpc) is 3.16. The predicted molar refractivity (Wildman–Crippen MR) is 160 cm³/mol. The van der Waals surface area contributed by atoms with Gasteiger partial charge in [0.05, 0.1) is 11.0 Å². The van der Waals surface area contributed by atoms with E-state index in [1.54, 1.807) is 9.58 Å². The molecule has 0 radical (unpaired) electrons. The van der Waals surface area contributed by atoms with Gasteiger partial charge in [-0.25, -0.2) is 14.1 Å². The maximum absolute atomic E-state index is 13.7. The number of para-hydroxylation sites is 2. The van der Waals surface area contributed by atoms with Crippen molar-refractivity contribution < 1.29 is 14.0 Å². The molecule has 1 saturated heterocycles. The molecule has 1 aliphatic heterocycles. The number of benzene rings is 3. The van der Waals surface area contributed by atoms with E-state index in [4.69, 9.17) is 4.98 Å². The normalized spacial score (nSPS) is 15.0. The molecule has 0 saturated carbocycles. The molecule has 1 N–H and O–H groups in total. The van der Waals surface area contributed by atoms with Crippen LogP contribution in [0.3, 0.4) is 0 Å². The van der Waals surface area contributed by atoms with Gasteiger partial charge in [0.15, 0.2) is 0 Å². The van der Waals surface area contributed by atoms with E-state index < -0.39 is 0 Å². The lowest BCUT2D eigenvalue weighted by Gasteiger charge is -2.28. The second-order valence-electron chi connectivity index (χ2n) is 10.7. The summed E-state index contributed by atoms with van der Waals surface area (Å²) in [5, 5.41) is 0. The molecule has 41 heavy (non-hydrogen) atoms. The maximum Gasteiger partial charge on any atom is 0.253 e. The number of likely N-dealkylation sites (N-methyl/N-ethyl adjacent to an activating group) is 1. The van der Waals surface area contributed by atoms with Crippen LogP contribution in [0, 0.1) is 5.82 Å².